The molecule has 6 heteroatoms. The Morgan fingerprint density at radius 3 is 2.03 bits per heavy atom. The van der Waals surface area contributed by atoms with Crippen LogP contribution in [0.15, 0.2) is 54.2 Å². The van der Waals surface area contributed by atoms with Gasteiger partial charge in [0.25, 0.3) is 11.8 Å². The summed E-state index contributed by atoms with van der Waals surface area (Å²) in [6, 6.07) is 14.5. The van der Waals surface area contributed by atoms with Crippen LogP contribution in [0.1, 0.15) is 25.3 Å². The zero-order valence-electron chi connectivity index (χ0n) is 17.6. The Kier molecular flexibility index (Phi) is 5.48. The van der Waals surface area contributed by atoms with E-state index < -0.39 is 0 Å². The number of carbonyl (C=O) groups is 2. The Morgan fingerprint density at radius 2 is 1.47 bits per heavy atom. The second-order valence-electron chi connectivity index (χ2n) is 7.78. The first-order valence-electron chi connectivity index (χ1n) is 10.2. The molecule has 156 valence electrons. The summed E-state index contributed by atoms with van der Waals surface area (Å²) >= 11 is 0. The zero-order chi connectivity index (χ0) is 21.3. The number of methoxy groups -OCH3 is 2. The summed E-state index contributed by atoms with van der Waals surface area (Å²) in [6.07, 6.45) is 2.00. The third-order valence-electron chi connectivity index (χ3n) is 5.82. The summed E-state index contributed by atoms with van der Waals surface area (Å²) in [5, 5.41) is 0. The maximum atomic E-state index is 13.6. The molecule has 0 radical (unpaired) electrons. The van der Waals surface area contributed by atoms with Gasteiger partial charge in [0.2, 0.25) is 0 Å². The van der Waals surface area contributed by atoms with E-state index in [2.05, 4.69) is 11.8 Å². The third kappa shape index (κ3) is 3.54. The van der Waals surface area contributed by atoms with Crippen molar-refractivity contribution >= 4 is 23.1 Å². The predicted octanol–water partition coefficient (Wildman–Crippen LogP) is 3.72. The first-order chi connectivity index (χ1) is 14.5. The number of carbonyl (C=O) groups excluding carboxylic acids is 2. The van der Waals surface area contributed by atoms with Gasteiger partial charge >= 0.3 is 0 Å². The molecule has 2 aromatic carbocycles. The van der Waals surface area contributed by atoms with Gasteiger partial charge in [-0.05, 0) is 24.3 Å². The summed E-state index contributed by atoms with van der Waals surface area (Å²) < 4.78 is 10.7. The smallest absolute Gasteiger partial charge is 0.282 e. The van der Waals surface area contributed by atoms with Crippen LogP contribution in [0.4, 0.5) is 5.69 Å². The van der Waals surface area contributed by atoms with Crippen LogP contribution in [0.25, 0.3) is 5.57 Å². The number of imide groups is 1. The molecule has 2 aliphatic rings. The van der Waals surface area contributed by atoms with Gasteiger partial charge in [0.05, 0.1) is 25.5 Å². The van der Waals surface area contributed by atoms with Crippen LogP contribution in [-0.2, 0) is 9.59 Å². The Balaban J connectivity index is 1.81. The lowest BCUT2D eigenvalue weighted by atomic mass is 9.97. The number of ether oxygens (including phenoxy) is 2. The second kappa shape index (κ2) is 8.22. The van der Waals surface area contributed by atoms with Crippen LogP contribution in [-0.4, -0.2) is 44.0 Å². The van der Waals surface area contributed by atoms with Gasteiger partial charge in [-0.1, -0.05) is 37.3 Å². The molecular weight excluding hydrogens is 380 g/mol. The molecule has 0 aromatic heterocycles. The molecule has 2 aliphatic heterocycles. The molecule has 0 N–H and O–H groups in total. The number of nitrogens with zero attached hydrogens (tertiary/aromatic N) is 2. The fourth-order valence-electron chi connectivity index (χ4n) is 4.06. The fraction of sp³-hybridized carbons (Fsp3) is 0.333. The normalized spacial score (nSPS) is 17.7. The highest BCUT2D eigenvalue weighted by Gasteiger charge is 2.43. The SMILES string of the molecule is COc1cc(OC)cc(N2C(=O)C(c3ccccc3)=C(N3CCC(C)CC3)C2=O)c1. The molecule has 30 heavy (non-hydrogen) atoms. The van der Waals surface area contributed by atoms with Gasteiger partial charge < -0.3 is 14.4 Å². The van der Waals surface area contributed by atoms with Crippen LogP contribution in [0, 0.1) is 5.92 Å². The molecular formula is C24H26N2O4. The van der Waals surface area contributed by atoms with Gasteiger partial charge in [-0.15, -0.1) is 0 Å². The Labute approximate surface area is 176 Å². The number of amides is 2. The molecule has 2 heterocycles. The highest BCUT2D eigenvalue weighted by molar-refractivity contribution is 6.45. The number of hydrogen-bond donors (Lipinski definition) is 0. The molecule has 4 rings (SSSR count). The number of benzene rings is 2. The lowest BCUT2D eigenvalue weighted by Crippen LogP contribution is -2.38. The van der Waals surface area contributed by atoms with Crippen molar-refractivity contribution in [3.8, 4) is 11.5 Å². The van der Waals surface area contributed by atoms with Crippen LogP contribution < -0.4 is 14.4 Å². The van der Waals surface area contributed by atoms with Crippen molar-refractivity contribution in [2.75, 3.05) is 32.2 Å². The molecule has 2 aromatic rings. The van der Waals surface area contributed by atoms with E-state index >= 15 is 0 Å². The van der Waals surface area contributed by atoms with Crippen molar-refractivity contribution in [1.82, 2.24) is 4.90 Å². The van der Waals surface area contributed by atoms with E-state index in [1.54, 1.807) is 32.4 Å². The van der Waals surface area contributed by atoms with E-state index in [9.17, 15) is 9.59 Å². The summed E-state index contributed by atoms with van der Waals surface area (Å²) in [4.78, 5) is 30.5. The predicted molar refractivity (Wildman–Crippen MR) is 115 cm³/mol. The maximum absolute atomic E-state index is 13.6. The maximum Gasteiger partial charge on any atom is 0.282 e. The molecule has 0 spiro atoms. The van der Waals surface area contributed by atoms with E-state index in [1.165, 1.54) is 4.90 Å². The largest absolute Gasteiger partial charge is 0.497 e. The topological polar surface area (TPSA) is 59.1 Å². The van der Waals surface area contributed by atoms with E-state index in [0.29, 0.717) is 34.4 Å². The molecule has 0 bridgehead atoms. The molecule has 6 nitrogen and oxygen atoms in total. The van der Waals surface area contributed by atoms with Crippen molar-refractivity contribution in [2.24, 2.45) is 5.92 Å². The summed E-state index contributed by atoms with van der Waals surface area (Å²) in [7, 11) is 3.08. The third-order valence-corrected chi connectivity index (χ3v) is 5.82. The summed E-state index contributed by atoms with van der Waals surface area (Å²) in [6.45, 7) is 3.75. The number of piperidine rings is 1. The van der Waals surface area contributed by atoms with Crippen molar-refractivity contribution in [2.45, 2.75) is 19.8 Å². The van der Waals surface area contributed by atoms with Crippen LogP contribution in [0.5, 0.6) is 11.5 Å². The lowest BCUT2D eigenvalue weighted by Gasteiger charge is -2.32. The van der Waals surface area contributed by atoms with Gasteiger partial charge in [0.1, 0.15) is 17.2 Å². The van der Waals surface area contributed by atoms with Gasteiger partial charge in [-0.3, -0.25) is 9.59 Å². The van der Waals surface area contributed by atoms with Crippen molar-refractivity contribution in [1.29, 1.82) is 0 Å². The van der Waals surface area contributed by atoms with E-state index in [1.807, 2.05) is 30.3 Å². The van der Waals surface area contributed by atoms with Crippen molar-refractivity contribution < 1.29 is 19.1 Å². The van der Waals surface area contributed by atoms with Crippen LogP contribution in [0.3, 0.4) is 0 Å². The molecule has 0 saturated carbocycles. The number of likely N-dealkylation sites (tertiary alicyclic amines) is 1. The average Bonchev–Trinajstić information content (AvgIpc) is 3.04. The molecule has 0 aliphatic carbocycles. The molecule has 0 atom stereocenters. The minimum absolute atomic E-state index is 0.302. The molecule has 1 fully saturated rings. The lowest BCUT2D eigenvalue weighted by molar-refractivity contribution is -0.120. The minimum atomic E-state index is -0.324. The summed E-state index contributed by atoms with van der Waals surface area (Å²) in [5.74, 6) is 1.03. The minimum Gasteiger partial charge on any atom is -0.497 e. The highest BCUT2D eigenvalue weighted by Crippen LogP contribution is 2.38. The highest BCUT2D eigenvalue weighted by atomic mass is 16.5. The van der Waals surface area contributed by atoms with E-state index in [4.69, 9.17) is 9.47 Å². The standard InChI is InChI=1S/C24H26N2O4/c1-16-9-11-25(12-10-16)22-21(17-7-5-4-6-8-17)23(27)26(24(22)28)18-13-19(29-2)15-20(14-18)30-3/h4-8,13-16H,9-12H2,1-3H3. The number of anilines is 1. The van der Waals surface area contributed by atoms with Crippen molar-refractivity contribution in [3.63, 3.8) is 0 Å². The first-order valence-corrected chi connectivity index (χ1v) is 10.2. The van der Waals surface area contributed by atoms with Crippen molar-refractivity contribution in [3.05, 3.63) is 59.8 Å². The van der Waals surface area contributed by atoms with Gasteiger partial charge in [-0.2, -0.15) is 0 Å². The Hall–Kier alpha value is -3.28. The Bertz CT molecular complexity index is 969. The van der Waals surface area contributed by atoms with Gasteiger partial charge in [0, 0.05) is 31.3 Å². The zero-order valence-corrected chi connectivity index (χ0v) is 17.6. The fourth-order valence-corrected chi connectivity index (χ4v) is 4.06. The molecule has 0 unspecified atom stereocenters. The van der Waals surface area contributed by atoms with Crippen LogP contribution >= 0.6 is 0 Å². The summed E-state index contributed by atoms with van der Waals surface area (Å²) in [5.41, 5.74) is 2.13. The Morgan fingerprint density at radius 1 is 0.867 bits per heavy atom. The monoisotopic (exact) mass is 406 g/mol. The first kappa shape index (κ1) is 20.0. The number of hydrogen-bond acceptors (Lipinski definition) is 5. The second-order valence-corrected chi connectivity index (χ2v) is 7.78. The quantitative estimate of drug-likeness (QED) is 0.709. The average molecular weight is 406 g/mol. The molecule has 2 amide bonds. The number of rotatable bonds is 5. The van der Waals surface area contributed by atoms with E-state index in [-0.39, 0.29) is 11.8 Å². The van der Waals surface area contributed by atoms with Crippen LogP contribution in [0.2, 0.25) is 0 Å². The van der Waals surface area contributed by atoms with Gasteiger partial charge in [-0.25, -0.2) is 4.90 Å². The van der Waals surface area contributed by atoms with E-state index in [0.717, 1.165) is 31.5 Å². The molecule has 1 saturated heterocycles. The van der Waals surface area contributed by atoms with Gasteiger partial charge in [0.15, 0.2) is 0 Å².